The summed E-state index contributed by atoms with van der Waals surface area (Å²) in [4.78, 5) is 15.1. The Labute approximate surface area is 238 Å². The van der Waals surface area contributed by atoms with Crippen molar-refractivity contribution < 1.29 is 4.42 Å². The average molecular weight is 530 g/mol. The van der Waals surface area contributed by atoms with Gasteiger partial charge in [-0.05, 0) is 35.2 Å². The zero-order chi connectivity index (χ0) is 27.6. The molecule has 5 aromatic carbocycles. The van der Waals surface area contributed by atoms with Gasteiger partial charge in [-0.15, -0.1) is 0 Å². The quantitative estimate of drug-likeness (QED) is 0.228. The van der Waals surface area contributed by atoms with E-state index in [1.165, 1.54) is 22.3 Å². The molecule has 0 radical (unpaired) electrons. The van der Waals surface area contributed by atoms with Crippen LogP contribution in [0.3, 0.4) is 0 Å². The summed E-state index contributed by atoms with van der Waals surface area (Å²) < 4.78 is 6.58. The van der Waals surface area contributed by atoms with Crippen LogP contribution in [0.2, 0.25) is 0 Å². The topological polar surface area (TPSA) is 51.8 Å². The van der Waals surface area contributed by atoms with Gasteiger partial charge in [0.25, 0.3) is 0 Å². The van der Waals surface area contributed by atoms with Crippen molar-refractivity contribution in [1.82, 2.24) is 15.0 Å². The molecule has 196 valence electrons. The second-order valence-electron chi connectivity index (χ2n) is 10.9. The summed E-state index contributed by atoms with van der Waals surface area (Å²) >= 11 is 0. The Morgan fingerprint density at radius 3 is 1.90 bits per heavy atom. The van der Waals surface area contributed by atoms with Crippen molar-refractivity contribution in [2.24, 2.45) is 0 Å². The van der Waals surface area contributed by atoms with Gasteiger partial charge in [-0.2, -0.15) is 0 Å². The van der Waals surface area contributed by atoms with Crippen LogP contribution in [0.5, 0.6) is 0 Å². The fourth-order valence-electron chi connectivity index (χ4n) is 6.46. The van der Waals surface area contributed by atoms with Gasteiger partial charge >= 0.3 is 0 Å². The third-order valence-corrected chi connectivity index (χ3v) is 8.67. The Morgan fingerprint density at radius 2 is 1.22 bits per heavy atom. The number of hydrogen-bond acceptors (Lipinski definition) is 4. The van der Waals surface area contributed by atoms with E-state index in [9.17, 15) is 0 Å². The van der Waals surface area contributed by atoms with Gasteiger partial charge in [0.1, 0.15) is 11.2 Å². The van der Waals surface area contributed by atoms with Gasteiger partial charge in [0, 0.05) is 38.4 Å². The lowest BCUT2D eigenvalue weighted by Crippen LogP contribution is -2.19. The number of rotatable bonds is 4. The van der Waals surface area contributed by atoms with Crippen LogP contribution in [-0.4, -0.2) is 15.0 Å². The van der Waals surface area contributed by atoms with Gasteiger partial charge in [0.2, 0.25) is 0 Å². The van der Waals surface area contributed by atoms with Crippen molar-refractivity contribution in [2.45, 2.75) is 25.7 Å². The summed E-state index contributed by atoms with van der Waals surface area (Å²) in [5.41, 5.74) is 9.50. The molecule has 1 aliphatic rings. The second-order valence-corrected chi connectivity index (χ2v) is 10.9. The van der Waals surface area contributed by atoms with Gasteiger partial charge < -0.3 is 4.42 Å². The third kappa shape index (κ3) is 3.50. The van der Waals surface area contributed by atoms with E-state index in [1.807, 2.05) is 66.7 Å². The molecule has 1 aliphatic carbocycles. The van der Waals surface area contributed by atoms with Crippen LogP contribution in [-0.2, 0) is 5.41 Å². The highest BCUT2D eigenvalue weighted by atomic mass is 16.3. The number of benzene rings is 5. The second kappa shape index (κ2) is 8.97. The SMILES string of the molecule is CCC1(C)c2cccc(-c3nc(-c4ccccc4)nc(-c4ccccc4)n3)c2-c2ccc3c(oc4ccccc43)c21. The van der Waals surface area contributed by atoms with Crippen LogP contribution in [0, 0.1) is 0 Å². The van der Waals surface area contributed by atoms with Gasteiger partial charge in [0.15, 0.2) is 17.5 Å². The molecular weight excluding hydrogens is 502 g/mol. The monoisotopic (exact) mass is 529 g/mol. The molecule has 2 aromatic heterocycles. The summed E-state index contributed by atoms with van der Waals surface area (Å²) in [6.07, 6.45) is 0.939. The van der Waals surface area contributed by atoms with Crippen LogP contribution < -0.4 is 0 Å². The molecule has 4 nitrogen and oxygen atoms in total. The van der Waals surface area contributed by atoms with Gasteiger partial charge in [-0.3, -0.25) is 0 Å². The van der Waals surface area contributed by atoms with Crippen molar-refractivity contribution in [3.8, 4) is 45.3 Å². The minimum Gasteiger partial charge on any atom is -0.456 e. The molecule has 2 heterocycles. The zero-order valence-electron chi connectivity index (χ0n) is 22.9. The molecule has 0 bridgehead atoms. The minimum atomic E-state index is -0.217. The van der Waals surface area contributed by atoms with Crippen LogP contribution >= 0.6 is 0 Å². The largest absolute Gasteiger partial charge is 0.456 e. The fraction of sp³-hybridized carbons (Fsp3) is 0.108. The van der Waals surface area contributed by atoms with Crippen molar-refractivity contribution in [2.75, 3.05) is 0 Å². The Hall–Kier alpha value is -5.09. The number of furan rings is 1. The van der Waals surface area contributed by atoms with E-state index < -0.39 is 0 Å². The molecular formula is C37H27N3O. The molecule has 0 fully saturated rings. The maximum atomic E-state index is 6.58. The zero-order valence-corrected chi connectivity index (χ0v) is 22.9. The average Bonchev–Trinajstić information content (AvgIpc) is 3.55. The first-order chi connectivity index (χ1) is 20.2. The summed E-state index contributed by atoms with van der Waals surface area (Å²) in [7, 11) is 0. The smallest absolute Gasteiger partial charge is 0.164 e. The highest BCUT2D eigenvalue weighted by molar-refractivity contribution is 6.10. The molecule has 0 aliphatic heterocycles. The molecule has 0 saturated heterocycles. The van der Waals surface area contributed by atoms with Crippen LogP contribution in [0.4, 0.5) is 0 Å². The van der Waals surface area contributed by atoms with Gasteiger partial charge in [-0.25, -0.2) is 15.0 Å². The number of fused-ring (bicyclic) bond motifs is 7. The van der Waals surface area contributed by atoms with Crippen molar-refractivity contribution in [1.29, 1.82) is 0 Å². The fourth-order valence-corrected chi connectivity index (χ4v) is 6.46. The molecule has 8 rings (SSSR count). The highest BCUT2D eigenvalue weighted by Gasteiger charge is 2.42. The van der Waals surface area contributed by atoms with Crippen molar-refractivity contribution in [3.05, 3.63) is 126 Å². The van der Waals surface area contributed by atoms with E-state index in [4.69, 9.17) is 19.4 Å². The van der Waals surface area contributed by atoms with E-state index >= 15 is 0 Å². The first kappa shape index (κ1) is 23.8. The first-order valence-corrected chi connectivity index (χ1v) is 14.1. The number of aromatic nitrogens is 3. The Kier molecular flexibility index (Phi) is 5.20. The number of para-hydroxylation sites is 1. The molecule has 41 heavy (non-hydrogen) atoms. The lowest BCUT2D eigenvalue weighted by molar-refractivity contribution is 0.553. The molecule has 1 unspecified atom stereocenters. The molecule has 1 atom stereocenters. The Bertz CT molecular complexity index is 2040. The predicted molar refractivity (Wildman–Crippen MR) is 166 cm³/mol. The first-order valence-electron chi connectivity index (χ1n) is 14.1. The third-order valence-electron chi connectivity index (χ3n) is 8.67. The van der Waals surface area contributed by atoms with Crippen LogP contribution in [0.25, 0.3) is 67.2 Å². The van der Waals surface area contributed by atoms with Gasteiger partial charge in [0.05, 0.1) is 0 Å². The number of hydrogen-bond donors (Lipinski definition) is 0. The minimum absolute atomic E-state index is 0.217. The summed E-state index contributed by atoms with van der Waals surface area (Å²) in [5, 5.41) is 2.31. The van der Waals surface area contributed by atoms with Crippen LogP contribution in [0.1, 0.15) is 31.4 Å². The molecule has 0 amide bonds. The maximum Gasteiger partial charge on any atom is 0.164 e. The van der Waals surface area contributed by atoms with Crippen molar-refractivity contribution >= 4 is 21.9 Å². The van der Waals surface area contributed by atoms with Gasteiger partial charge in [-0.1, -0.05) is 117 Å². The summed E-state index contributed by atoms with van der Waals surface area (Å²) in [5.74, 6) is 2.00. The normalized spacial score (nSPS) is 15.8. The Morgan fingerprint density at radius 1 is 0.585 bits per heavy atom. The highest BCUT2D eigenvalue weighted by Crippen LogP contribution is 2.56. The summed E-state index contributed by atoms with van der Waals surface area (Å²) in [6, 6.07) is 39.6. The maximum absolute atomic E-state index is 6.58. The number of nitrogens with zero attached hydrogens (tertiary/aromatic N) is 3. The predicted octanol–water partition coefficient (Wildman–Crippen LogP) is 9.47. The lowest BCUT2D eigenvalue weighted by atomic mass is 9.77. The molecule has 0 spiro atoms. The molecule has 0 N–H and O–H groups in total. The Balaban J connectivity index is 1.42. The van der Waals surface area contributed by atoms with E-state index in [1.54, 1.807) is 0 Å². The molecule has 7 aromatic rings. The van der Waals surface area contributed by atoms with E-state index in [0.717, 1.165) is 45.0 Å². The van der Waals surface area contributed by atoms with E-state index in [2.05, 4.69) is 62.4 Å². The van der Waals surface area contributed by atoms with E-state index in [0.29, 0.717) is 17.5 Å². The summed E-state index contributed by atoms with van der Waals surface area (Å²) in [6.45, 7) is 4.60. The standard InChI is InChI=1S/C37H27N3O/c1-3-37(2)29-19-12-18-28(31(29)27-22-21-26-25-17-10-11-20-30(25)41-33(26)32(27)37)36-39-34(23-13-6-4-7-14-23)38-35(40-36)24-15-8-5-9-16-24/h4-22H,3H2,1-2H3. The van der Waals surface area contributed by atoms with Crippen LogP contribution in [0.15, 0.2) is 120 Å². The van der Waals surface area contributed by atoms with Crippen molar-refractivity contribution in [3.63, 3.8) is 0 Å². The van der Waals surface area contributed by atoms with E-state index in [-0.39, 0.29) is 5.41 Å². The molecule has 0 saturated carbocycles. The molecule has 4 heteroatoms. The lowest BCUT2D eigenvalue weighted by Gasteiger charge is -2.25.